The number of rotatable bonds is 3. The molecule has 4 heteroatoms. The molecule has 1 aromatic heterocycles. The number of benzene rings is 2. The van der Waals surface area contributed by atoms with Gasteiger partial charge in [-0.1, -0.05) is 23.7 Å². The van der Waals surface area contributed by atoms with Crippen molar-refractivity contribution in [2.45, 2.75) is 6.54 Å². The van der Waals surface area contributed by atoms with Gasteiger partial charge < -0.3 is 5.32 Å². The normalized spacial score (nSPS) is 10.7. The number of hydrogen-bond donors (Lipinski definition) is 1. The molecule has 0 atom stereocenters. The Bertz CT molecular complexity index is 758. The first kappa shape index (κ1) is 12.9. The molecule has 20 heavy (non-hydrogen) atoms. The molecule has 1 N–H and O–H groups in total. The molecule has 3 aromatic rings. The van der Waals surface area contributed by atoms with Crippen molar-refractivity contribution in [2.24, 2.45) is 0 Å². The first-order valence-electron chi connectivity index (χ1n) is 6.24. The topological polar surface area (TPSA) is 24.9 Å². The molecule has 2 nitrogen and oxygen atoms in total. The van der Waals surface area contributed by atoms with E-state index in [4.69, 9.17) is 11.6 Å². The number of aromatic nitrogens is 1. The molecule has 0 bridgehead atoms. The van der Waals surface area contributed by atoms with E-state index in [-0.39, 0.29) is 5.82 Å². The van der Waals surface area contributed by atoms with Crippen molar-refractivity contribution in [2.75, 3.05) is 5.32 Å². The molecule has 0 amide bonds. The van der Waals surface area contributed by atoms with Crippen LogP contribution in [-0.2, 0) is 6.54 Å². The first-order valence-corrected chi connectivity index (χ1v) is 6.62. The predicted octanol–water partition coefficient (Wildman–Crippen LogP) is 4.64. The molecular weight excluding hydrogens is 275 g/mol. The standard InChI is InChI=1S/C16H12ClFN2/c17-15-8-14(18)3-4-16(15)20-9-11-1-2-13-10-19-6-5-12(13)7-11/h1-8,10,20H,9H2. The summed E-state index contributed by atoms with van der Waals surface area (Å²) in [4.78, 5) is 4.09. The van der Waals surface area contributed by atoms with Gasteiger partial charge in [-0.05, 0) is 41.3 Å². The fourth-order valence-corrected chi connectivity index (χ4v) is 2.31. The summed E-state index contributed by atoms with van der Waals surface area (Å²) in [6.07, 6.45) is 3.61. The van der Waals surface area contributed by atoms with E-state index in [0.717, 1.165) is 22.0 Å². The molecule has 0 unspecified atom stereocenters. The van der Waals surface area contributed by atoms with Crippen LogP contribution in [0.25, 0.3) is 10.8 Å². The van der Waals surface area contributed by atoms with Crippen LogP contribution in [0.3, 0.4) is 0 Å². The Kier molecular flexibility index (Phi) is 3.52. The van der Waals surface area contributed by atoms with Crippen LogP contribution in [0.2, 0.25) is 5.02 Å². The Labute approximate surface area is 121 Å². The number of halogens is 2. The van der Waals surface area contributed by atoms with E-state index in [1.165, 1.54) is 12.1 Å². The molecule has 0 radical (unpaired) electrons. The quantitative estimate of drug-likeness (QED) is 0.759. The molecule has 0 fully saturated rings. The Hall–Kier alpha value is -2.13. The third-order valence-corrected chi connectivity index (χ3v) is 3.43. The maximum Gasteiger partial charge on any atom is 0.124 e. The lowest BCUT2D eigenvalue weighted by molar-refractivity contribution is 0.628. The maximum absolute atomic E-state index is 13.0. The van der Waals surface area contributed by atoms with Gasteiger partial charge in [0.1, 0.15) is 5.82 Å². The highest BCUT2D eigenvalue weighted by Crippen LogP contribution is 2.23. The van der Waals surface area contributed by atoms with Crippen molar-refractivity contribution >= 4 is 28.1 Å². The van der Waals surface area contributed by atoms with E-state index in [1.807, 2.05) is 24.4 Å². The number of nitrogens with zero attached hydrogens (tertiary/aromatic N) is 1. The lowest BCUT2D eigenvalue weighted by Crippen LogP contribution is -2.00. The molecule has 0 aliphatic heterocycles. The average molecular weight is 287 g/mol. The number of pyridine rings is 1. The van der Waals surface area contributed by atoms with Crippen LogP contribution < -0.4 is 5.32 Å². The van der Waals surface area contributed by atoms with Crippen LogP contribution in [0, 0.1) is 5.82 Å². The summed E-state index contributed by atoms with van der Waals surface area (Å²) in [5, 5.41) is 5.84. The number of fused-ring (bicyclic) bond motifs is 1. The molecule has 0 saturated heterocycles. The van der Waals surface area contributed by atoms with Gasteiger partial charge in [0, 0.05) is 24.3 Å². The highest BCUT2D eigenvalue weighted by Gasteiger charge is 2.02. The molecule has 3 rings (SSSR count). The van der Waals surface area contributed by atoms with Crippen molar-refractivity contribution < 1.29 is 4.39 Å². The Balaban J connectivity index is 1.79. The molecule has 0 spiro atoms. The minimum absolute atomic E-state index is 0.334. The zero-order valence-electron chi connectivity index (χ0n) is 10.6. The molecule has 100 valence electrons. The highest BCUT2D eigenvalue weighted by atomic mass is 35.5. The summed E-state index contributed by atoms with van der Waals surface area (Å²) in [6.45, 7) is 0.629. The number of nitrogens with one attached hydrogen (secondary N) is 1. The zero-order chi connectivity index (χ0) is 13.9. The lowest BCUT2D eigenvalue weighted by Gasteiger charge is -2.09. The van der Waals surface area contributed by atoms with Crippen LogP contribution in [0.1, 0.15) is 5.56 Å². The zero-order valence-corrected chi connectivity index (χ0v) is 11.4. The van der Waals surface area contributed by atoms with Gasteiger partial charge >= 0.3 is 0 Å². The van der Waals surface area contributed by atoms with Gasteiger partial charge in [0.15, 0.2) is 0 Å². The number of anilines is 1. The lowest BCUT2D eigenvalue weighted by atomic mass is 10.1. The summed E-state index contributed by atoms with van der Waals surface area (Å²) >= 11 is 5.98. The number of hydrogen-bond acceptors (Lipinski definition) is 2. The fraction of sp³-hybridized carbons (Fsp3) is 0.0625. The largest absolute Gasteiger partial charge is 0.380 e. The predicted molar refractivity (Wildman–Crippen MR) is 80.5 cm³/mol. The van der Waals surface area contributed by atoms with Crippen molar-refractivity contribution in [3.8, 4) is 0 Å². The first-order chi connectivity index (χ1) is 9.72. The Morgan fingerprint density at radius 1 is 1.05 bits per heavy atom. The van der Waals surface area contributed by atoms with Crippen molar-refractivity contribution in [1.29, 1.82) is 0 Å². The molecular formula is C16H12ClFN2. The van der Waals surface area contributed by atoms with E-state index in [9.17, 15) is 4.39 Å². The molecule has 1 heterocycles. The molecule has 0 aliphatic carbocycles. The smallest absolute Gasteiger partial charge is 0.124 e. The molecule has 0 aliphatic rings. The van der Waals surface area contributed by atoms with Crippen LogP contribution in [-0.4, -0.2) is 4.98 Å². The van der Waals surface area contributed by atoms with Gasteiger partial charge in [0.05, 0.1) is 10.7 Å². The SMILES string of the molecule is Fc1ccc(NCc2ccc3cnccc3c2)c(Cl)c1. The van der Waals surface area contributed by atoms with Gasteiger partial charge in [-0.2, -0.15) is 0 Å². The van der Waals surface area contributed by atoms with Crippen LogP contribution in [0.4, 0.5) is 10.1 Å². The summed E-state index contributed by atoms with van der Waals surface area (Å²) < 4.78 is 13.0. The van der Waals surface area contributed by atoms with E-state index in [1.54, 1.807) is 12.3 Å². The maximum atomic E-state index is 13.0. The van der Waals surface area contributed by atoms with E-state index in [0.29, 0.717) is 11.6 Å². The average Bonchev–Trinajstić information content (AvgIpc) is 2.46. The second kappa shape index (κ2) is 5.47. The highest BCUT2D eigenvalue weighted by molar-refractivity contribution is 6.33. The van der Waals surface area contributed by atoms with Crippen molar-refractivity contribution in [3.63, 3.8) is 0 Å². The third-order valence-electron chi connectivity index (χ3n) is 3.12. The van der Waals surface area contributed by atoms with Crippen molar-refractivity contribution in [3.05, 3.63) is 71.3 Å². The van der Waals surface area contributed by atoms with Crippen molar-refractivity contribution in [1.82, 2.24) is 4.98 Å². The van der Waals surface area contributed by atoms with E-state index >= 15 is 0 Å². The van der Waals surface area contributed by atoms with Gasteiger partial charge in [-0.15, -0.1) is 0 Å². The minimum Gasteiger partial charge on any atom is -0.380 e. The molecule has 2 aromatic carbocycles. The van der Waals surface area contributed by atoms with E-state index < -0.39 is 0 Å². The monoisotopic (exact) mass is 286 g/mol. The summed E-state index contributed by atoms with van der Waals surface area (Å²) in [6, 6.07) is 12.5. The van der Waals surface area contributed by atoms with Crippen LogP contribution in [0.5, 0.6) is 0 Å². The van der Waals surface area contributed by atoms with Gasteiger partial charge in [0.2, 0.25) is 0 Å². The summed E-state index contributed by atoms with van der Waals surface area (Å²) in [5.41, 5.74) is 1.85. The summed E-state index contributed by atoms with van der Waals surface area (Å²) in [5.74, 6) is -0.334. The van der Waals surface area contributed by atoms with Gasteiger partial charge in [-0.25, -0.2) is 4.39 Å². The molecule has 0 saturated carbocycles. The van der Waals surface area contributed by atoms with Gasteiger partial charge in [-0.3, -0.25) is 4.98 Å². The minimum atomic E-state index is -0.334. The third kappa shape index (κ3) is 2.73. The second-order valence-corrected chi connectivity index (χ2v) is 4.94. The van der Waals surface area contributed by atoms with Gasteiger partial charge in [0.25, 0.3) is 0 Å². The van der Waals surface area contributed by atoms with Crippen LogP contribution in [0.15, 0.2) is 54.9 Å². The second-order valence-electron chi connectivity index (χ2n) is 4.53. The Morgan fingerprint density at radius 2 is 1.95 bits per heavy atom. The Morgan fingerprint density at radius 3 is 2.80 bits per heavy atom. The van der Waals surface area contributed by atoms with Crippen LogP contribution >= 0.6 is 11.6 Å². The van der Waals surface area contributed by atoms with E-state index in [2.05, 4.69) is 16.4 Å². The fourth-order valence-electron chi connectivity index (χ4n) is 2.07. The summed E-state index contributed by atoms with van der Waals surface area (Å²) in [7, 11) is 0.